The summed E-state index contributed by atoms with van der Waals surface area (Å²) in [4.78, 5) is 9.61. The molecule has 0 bridgehead atoms. The quantitative estimate of drug-likeness (QED) is 0.125. The van der Waals surface area contributed by atoms with Crippen LogP contribution in [0.3, 0.4) is 0 Å². The summed E-state index contributed by atoms with van der Waals surface area (Å²) in [6.45, 7) is 5.31. The third-order valence-electron chi connectivity index (χ3n) is 7.19. The molecule has 0 amide bonds. The highest BCUT2D eigenvalue weighted by atomic mass is 31.2. The van der Waals surface area contributed by atoms with Crippen LogP contribution in [0.4, 0.5) is 0 Å². The van der Waals surface area contributed by atoms with Gasteiger partial charge in [-0.05, 0) is 12.8 Å². The minimum Gasteiger partial charge on any atom is -0.302 e. The molecule has 0 aromatic carbocycles. The molecule has 192 valence electrons. The van der Waals surface area contributed by atoms with Crippen molar-refractivity contribution in [1.82, 2.24) is 0 Å². The Hall–Kier alpha value is 0.110. The summed E-state index contributed by atoms with van der Waals surface area (Å²) in [5, 5.41) is 0. The van der Waals surface area contributed by atoms with Gasteiger partial charge in [-0.3, -0.25) is 9.05 Å². The van der Waals surface area contributed by atoms with Crippen molar-refractivity contribution in [3.63, 3.8) is 0 Å². The number of unbranched alkanes of at least 4 members (excludes halogenated alkanes) is 18. The van der Waals surface area contributed by atoms with Crippen LogP contribution in [0, 0.1) is 5.41 Å². The number of rotatable bonds is 22. The lowest BCUT2D eigenvalue weighted by atomic mass is 9.79. The van der Waals surface area contributed by atoms with Crippen LogP contribution in [0.5, 0.6) is 0 Å². The third kappa shape index (κ3) is 15.9. The van der Waals surface area contributed by atoms with E-state index in [0.29, 0.717) is 13.2 Å². The first-order valence-electron chi connectivity index (χ1n) is 14.2. The van der Waals surface area contributed by atoms with E-state index in [2.05, 4.69) is 13.8 Å². The highest BCUT2D eigenvalue weighted by Gasteiger charge is 2.40. The predicted octanol–water partition coefficient (Wildman–Crippen LogP) is 9.74. The molecule has 32 heavy (non-hydrogen) atoms. The maximum Gasteiger partial charge on any atom is 0.472 e. The first-order valence-corrected chi connectivity index (χ1v) is 15.6. The molecule has 1 aliphatic rings. The van der Waals surface area contributed by atoms with E-state index in [0.717, 1.165) is 12.8 Å². The summed E-state index contributed by atoms with van der Waals surface area (Å²) >= 11 is 0. The molecular weight excluding hydrogens is 419 g/mol. The van der Waals surface area contributed by atoms with Gasteiger partial charge >= 0.3 is 7.82 Å². The molecule has 0 aromatic rings. The topological polar surface area (TPSA) is 55.8 Å². The second-order valence-corrected chi connectivity index (χ2v) is 11.8. The van der Waals surface area contributed by atoms with Crippen molar-refractivity contribution in [3.8, 4) is 0 Å². The van der Waals surface area contributed by atoms with Gasteiger partial charge in [-0.1, -0.05) is 142 Å². The van der Waals surface area contributed by atoms with Crippen LogP contribution < -0.4 is 0 Å². The normalized spacial score (nSPS) is 17.6. The Morgan fingerprint density at radius 3 is 1.16 bits per heavy atom. The van der Waals surface area contributed by atoms with Gasteiger partial charge in [-0.2, -0.15) is 0 Å². The van der Waals surface area contributed by atoms with E-state index < -0.39 is 7.82 Å². The van der Waals surface area contributed by atoms with Gasteiger partial charge < -0.3 is 4.89 Å². The van der Waals surface area contributed by atoms with Gasteiger partial charge in [0.1, 0.15) is 0 Å². The molecule has 1 fully saturated rings. The van der Waals surface area contributed by atoms with Gasteiger partial charge in [0.05, 0.1) is 13.2 Å². The van der Waals surface area contributed by atoms with Crippen LogP contribution in [-0.2, 0) is 13.6 Å². The van der Waals surface area contributed by atoms with Gasteiger partial charge in [-0.15, -0.1) is 0 Å². The molecular formula is C27H55O4P. The van der Waals surface area contributed by atoms with Gasteiger partial charge in [0.15, 0.2) is 0 Å². The Balaban J connectivity index is 2.16. The highest BCUT2D eigenvalue weighted by Crippen LogP contribution is 2.52. The Kier molecular flexibility index (Phi) is 18.3. The molecule has 0 saturated carbocycles. The summed E-state index contributed by atoms with van der Waals surface area (Å²) in [5.74, 6) is 0. The third-order valence-corrected chi connectivity index (χ3v) is 8.10. The van der Waals surface area contributed by atoms with Crippen LogP contribution in [-0.4, -0.2) is 18.1 Å². The number of phosphoric acid groups is 1. The van der Waals surface area contributed by atoms with E-state index in [1.165, 1.54) is 128 Å². The standard InChI is InChI=1S/C27H55O4P/c1-3-5-7-9-11-13-15-17-19-21-23-27(25-30-32(28,29)31-26-27)24-22-20-18-16-14-12-10-8-6-4-2/h3-26H2,1-2H3,(H,28,29). The zero-order chi connectivity index (χ0) is 23.4. The SMILES string of the molecule is CCCCCCCCCCCCC1(CCCCCCCCCCCC)COP(=O)(O)OC1. The average Bonchev–Trinajstić information content (AvgIpc) is 2.78. The molecule has 0 aromatic heterocycles. The van der Waals surface area contributed by atoms with E-state index >= 15 is 0 Å². The minimum atomic E-state index is -3.80. The zero-order valence-corrected chi connectivity index (χ0v) is 22.5. The Labute approximate surface area is 200 Å². The van der Waals surface area contributed by atoms with Crippen LogP contribution >= 0.6 is 7.82 Å². The Bertz CT molecular complexity index is 431. The second-order valence-electron chi connectivity index (χ2n) is 10.4. The second kappa shape index (κ2) is 19.4. The zero-order valence-electron chi connectivity index (χ0n) is 21.6. The van der Waals surface area contributed by atoms with E-state index in [4.69, 9.17) is 9.05 Å². The van der Waals surface area contributed by atoms with Gasteiger partial charge in [-0.25, -0.2) is 4.57 Å². The lowest BCUT2D eigenvalue weighted by Gasteiger charge is -2.38. The van der Waals surface area contributed by atoms with Crippen molar-refractivity contribution < 1.29 is 18.5 Å². The van der Waals surface area contributed by atoms with Gasteiger partial charge in [0.25, 0.3) is 0 Å². The number of hydrogen-bond donors (Lipinski definition) is 1. The van der Waals surface area contributed by atoms with Crippen molar-refractivity contribution >= 4 is 7.82 Å². The molecule has 1 saturated heterocycles. The van der Waals surface area contributed by atoms with Gasteiger partial charge in [0, 0.05) is 5.41 Å². The fraction of sp³-hybridized carbons (Fsp3) is 1.00. The molecule has 1 aliphatic heterocycles. The molecule has 1 heterocycles. The molecule has 0 spiro atoms. The predicted molar refractivity (Wildman–Crippen MR) is 137 cm³/mol. The van der Waals surface area contributed by atoms with Gasteiger partial charge in [0.2, 0.25) is 0 Å². The maximum atomic E-state index is 11.7. The first-order chi connectivity index (χ1) is 15.5. The highest BCUT2D eigenvalue weighted by molar-refractivity contribution is 7.47. The summed E-state index contributed by atoms with van der Waals surface area (Å²) in [6, 6.07) is 0. The van der Waals surface area contributed by atoms with Crippen molar-refractivity contribution in [2.45, 2.75) is 155 Å². The number of phosphoric ester groups is 1. The molecule has 0 radical (unpaired) electrons. The van der Waals surface area contributed by atoms with Crippen LogP contribution in [0.25, 0.3) is 0 Å². The molecule has 0 aliphatic carbocycles. The monoisotopic (exact) mass is 474 g/mol. The van der Waals surface area contributed by atoms with E-state index in [1.54, 1.807) is 0 Å². The van der Waals surface area contributed by atoms with E-state index in [9.17, 15) is 9.46 Å². The lowest BCUT2D eigenvalue weighted by Crippen LogP contribution is -2.35. The van der Waals surface area contributed by atoms with E-state index in [1.807, 2.05) is 0 Å². The lowest BCUT2D eigenvalue weighted by molar-refractivity contribution is -0.0187. The van der Waals surface area contributed by atoms with Crippen LogP contribution in [0.1, 0.15) is 155 Å². The van der Waals surface area contributed by atoms with E-state index in [-0.39, 0.29) is 5.41 Å². The molecule has 1 rings (SSSR count). The molecule has 0 atom stereocenters. The summed E-state index contributed by atoms with van der Waals surface area (Å²) < 4.78 is 22.2. The van der Waals surface area contributed by atoms with Crippen molar-refractivity contribution in [3.05, 3.63) is 0 Å². The summed E-state index contributed by atoms with van der Waals surface area (Å²) in [7, 11) is -3.80. The Morgan fingerprint density at radius 1 is 0.562 bits per heavy atom. The first kappa shape index (κ1) is 30.1. The fourth-order valence-corrected chi connectivity index (χ4v) is 5.85. The molecule has 1 N–H and O–H groups in total. The Morgan fingerprint density at radius 2 is 0.844 bits per heavy atom. The van der Waals surface area contributed by atoms with Crippen LogP contribution in [0.15, 0.2) is 0 Å². The maximum absolute atomic E-state index is 11.7. The average molecular weight is 475 g/mol. The summed E-state index contributed by atoms with van der Waals surface area (Å²) in [5.41, 5.74) is -0.0586. The molecule has 5 heteroatoms. The number of hydrogen-bond acceptors (Lipinski definition) is 3. The molecule has 4 nitrogen and oxygen atoms in total. The van der Waals surface area contributed by atoms with Crippen molar-refractivity contribution in [2.24, 2.45) is 5.41 Å². The largest absolute Gasteiger partial charge is 0.472 e. The summed E-state index contributed by atoms with van der Waals surface area (Å²) in [6.07, 6.45) is 28.8. The smallest absolute Gasteiger partial charge is 0.302 e. The van der Waals surface area contributed by atoms with Crippen LogP contribution in [0.2, 0.25) is 0 Å². The fourth-order valence-electron chi connectivity index (χ4n) is 4.90. The van der Waals surface area contributed by atoms with Crippen molar-refractivity contribution in [2.75, 3.05) is 13.2 Å². The minimum absolute atomic E-state index is 0.0586. The van der Waals surface area contributed by atoms with Crippen molar-refractivity contribution in [1.29, 1.82) is 0 Å². The molecule has 0 unspecified atom stereocenters.